The molecule has 1 aromatic heterocycles. The predicted octanol–water partition coefficient (Wildman–Crippen LogP) is 0.0812. The number of sulfone groups is 1. The third kappa shape index (κ3) is 3.02. The highest BCUT2D eigenvalue weighted by Gasteiger charge is 2.22. The molecule has 16 heavy (non-hydrogen) atoms. The fourth-order valence-electron chi connectivity index (χ4n) is 1.68. The molecule has 90 valence electrons. The third-order valence-electron chi connectivity index (χ3n) is 2.54. The minimum absolute atomic E-state index is 0.0596. The van der Waals surface area contributed by atoms with Crippen molar-refractivity contribution in [3.05, 3.63) is 11.7 Å². The lowest BCUT2D eigenvalue weighted by Crippen LogP contribution is -2.13. The molecular weight excluding hydrogens is 230 g/mol. The Balaban J connectivity index is 1.96. The van der Waals surface area contributed by atoms with Gasteiger partial charge in [-0.05, 0) is 19.4 Å². The van der Waals surface area contributed by atoms with E-state index in [4.69, 9.17) is 4.52 Å². The lowest BCUT2D eigenvalue weighted by molar-refractivity contribution is 0.341. The summed E-state index contributed by atoms with van der Waals surface area (Å²) in [7, 11) is -2.97. The second kappa shape index (κ2) is 4.50. The lowest BCUT2D eigenvalue weighted by Gasteiger charge is -2.01. The summed E-state index contributed by atoms with van der Waals surface area (Å²) in [5.41, 5.74) is 0. The van der Waals surface area contributed by atoms with Crippen LogP contribution in [0, 0.1) is 0 Å². The van der Waals surface area contributed by atoms with Crippen LogP contribution in [0.5, 0.6) is 0 Å². The maximum atomic E-state index is 11.0. The molecule has 1 N–H and O–H groups in total. The second-order valence-corrected chi connectivity index (χ2v) is 6.34. The van der Waals surface area contributed by atoms with Crippen LogP contribution in [-0.2, 0) is 16.3 Å². The first-order chi connectivity index (χ1) is 7.54. The third-order valence-corrected chi connectivity index (χ3v) is 3.48. The summed E-state index contributed by atoms with van der Waals surface area (Å²) in [5, 5.41) is 7.02. The molecule has 1 atom stereocenters. The monoisotopic (exact) mass is 245 g/mol. The second-order valence-electron chi connectivity index (χ2n) is 4.08. The van der Waals surface area contributed by atoms with Gasteiger partial charge in [0.1, 0.15) is 9.84 Å². The van der Waals surface area contributed by atoms with Gasteiger partial charge < -0.3 is 9.84 Å². The predicted molar refractivity (Wildman–Crippen MR) is 57.7 cm³/mol. The Bertz CT molecular complexity index is 448. The molecule has 1 aliphatic rings. The van der Waals surface area contributed by atoms with Gasteiger partial charge >= 0.3 is 0 Å². The van der Waals surface area contributed by atoms with Gasteiger partial charge in [0.25, 0.3) is 0 Å². The van der Waals surface area contributed by atoms with Crippen molar-refractivity contribution in [3.63, 3.8) is 0 Å². The smallest absolute Gasteiger partial charge is 0.243 e. The highest BCUT2D eigenvalue weighted by atomic mass is 32.2. The number of rotatable bonds is 4. The first kappa shape index (κ1) is 11.5. The highest BCUT2D eigenvalue weighted by Crippen LogP contribution is 2.21. The van der Waals surface area contributed by atoms with Crippen LogP contribution in [0.15, 0.2) is 4.52 Å². The molecule has 7 heteroatoms. The number of aryl methyl sites for hydroxylation is 1. The minimum Gasteiger partial charge on any atom is -0.338 e. The van der Waals surface area contributed by atoms with Crippen molar-refractivity contribution < 1.29 is 12.9 Å². The number of aromatic nitrogens is 2. The van der Waals surface area contributed by atoms with Gasteiger partial charge in [-0.2, -0.15) is 4.98 Å². The molecular formula is C9H15N3O3S. The number of nitrogens with zero attached hydrogens (tertiary/aromatic N) is 2. The van der Waals surface area contributed by atoms with Crippen molar-refractivity contribution in [2.24, 2.45) is 0 Å². The van der Waals surface area contributed by atoms with Crippen LogP contribution < -0.4 is 5.32 Å². The van der Waals surface area contributed by atoms with Gasteiger partial charge in [-0.3, -0.25) is 0 Å². The van der Waals surface area contributed by atoms with E-state index in [0.717, 1.165) is 19.4 Å². The zero-order chi connectivity index (χ0) is 11.6. The Labute approximate surface area is 94.3 Å². The molecule has 0 spiro atoms. The first-order valence-corrected chi connectivity index (χ1v) is 7.34. The molecule has 1 aliphatic heterocycles. The van der Waals surface area contributed by atoms with Gasteiger partial charge in [-0.1, -0.05) is 5.16 Å². The molecule has 1 fully saturated rings. The molecule has 6 nitrogen and oxygen atoms in total. The fraction of sp³-hybridized carbons (Fsp3) is 0.778. The SMILES string of the molecule is CS(=O)(=O)CCc1noc(C2CCCN2)n1. The van der Waals surface area contributed by atoms with Gasteiger partial charge in [-0.25, -0.2) is 8.42 Å². The molecule has 0 saturated carbocycles. The molecule has 0 amide bonds. The van der Waals surface area contributed by atoms with Crippen molar-refractivity contribution >= 4 is 9.84 Å². The summed E-state index contributed by atoms with van der Waals surface area (Å²) in [6.07, 6.45) is 3.61. The minimum atomic E-state index is -2.97. The van der Waals surface area contributed by atoms with Crippen molar-refractivity contribution in [3.8, 4) is 0 Å². The topological polar surface area (TPSA) is 85.1 Å². The zero-order valence-corrected chi connectivity index (χ0v) is 9.96. The molecule has 0 bridgehead atoms. The van der Waals surface area contributed by atoms with Crippen LogP contribution in [0.4, 0.5) is 0 Å². The summed E-state index contributed by atoms with van der Waals surface area (Å²) in [4.78, 5) is 4.19. The highest BCUT2D eigenvalue weighted by molar-refractivity contribution is 7.90. The van der Waals surface area contributed by atoms with Crippen molar-refractivity contribution in [1.29, 1.82) is 0 Å². The van der Waals surface area contributed by atoms with E-state index in [1.807, 2.05) is 0 Å². The molecule has 2 rings (SSSR count). The molecule has 1 aromatic rings. The Morgan fingerprint density at radius 2 is 2.38 bits per heavy atom. The van der Waals surface area contributed by atoms with Gasteiger partial charge in [0.15, 0.2) is 5.82 Å². The Morgan fingerprint density at radius 3 is 3.00 bits per heavy atom. The van der Waals surface area contributed by atoms with E-state index in [1.165, 1.54) is 6.26 Å². The Hall–Kier alpha value is -0.950. The maximum Gasteiger partial charge on any atom is 0.243 e. The maximum absolute atomic E-state index is 11.0. The summed E-state index contributed by atoms with van der Waals surface area (Å²) in [6.45, 7) is 0.964. The summed E-state index contributed by atoms with van der Waals surface area (Å²) < 4.78 is 27.0. The van der Waals surface area contributed by atoms with E-state index in [9.17, 15) is 8.42 Å². The van der Waals surface area contributed by atoms with E-state index in [1.54, 1.807) is 0 Å². The van der Waals surface area contributed by atoms with Crippen molar-refractivity contribution in [2.45, 2.75) is 25.3 Å². The Morgan fingerprint density at radius 1 is 1.56 bits per heavy atom. The van der Waals surface area contributed by atoms with E-state index in [2.05, 4.69) is 15.5 Å². The molecule has 0 radical (unpaired) electrons. The van der Waals surface area contributed by atoms with Gasteiger partial charge in [-0.15, -0.1) is 0 Å². The van der Waals surface area contributed by atoms with Gasteiger partial charge in [0.2, 0.25) is 5.89 Å². The number of hydrogen-bond donors (Lipinski definition) is 1. The van der Waals surface area contributed by atoms with Gasteiger partial charge in [0.05, 0.1) is 11.8 Å². The average molecular weight is 245 g/mol. The van der Waals surface area contributed by atoms with Crippen LogP contribution in [-0.4, -0.2) is 37.1 Å². The molecule has 0 aliphatic carbocycles. The molecule has 0 aromatic carbocycles. The average Bonchev–Trinajstić information content (AvgIpc) is 2.84. The van der Waals surface area contributed by atoms with E-state index in [-0.39, 0.29) is 11.8 Å². The van der Waals surface area contributed by atoms with Crippen LogP contribution in [0.25, 0.3) is 0 Å². The van der Waals surface area contributed by atoms with Crippen LogP contribution in [0.1, 0.15) is 30.6 Å². The molecule has 1 unspecified atom stereocenters. The zero-order valence-electron chi connectivity index (χ0n) is 9.14. The molecule has 2 heterocycles. The van der Waals surface area contributed by atoms with Crippen LogP contribution >= 0.6 is 0 Å². The fourth-order valence-corrected chi connectivity index (χ4v) is 2.24. The quantitative estimate of drug-likeness (QED) is 0.808. The standard InChI is InChI=1S/C9H15N3O3S/c1-16(13,14)6-4-8-11-9(15-12-8)7-3-2-5-10-7/h7,10H,2-6H2,1H3. The summed E-state index contributed by atoms with van der Waals surface area (Å²) in [6, 6.07) is 0.138. The first-order valence-electron chi connectivity index (χ1n) is 5.28. The Kier molecular flexibility index (Phi) is 3.25. The summed E-state index contributed by atoms with van der Waals surface area (Å²) in [5.74, 6) is 1.10. The van der Waals surface area contributed by atoms with Crippen LogP contribution in [0.2, 0.25) is 0 Å². The number of nitrogens with one attached hydrogen (secondary N) is 1. The largest absolute Gasteiger partial charge is 0.338 e. The molecule has 1 saturated heterocycles. The van der Waals surface area contributed by atoms with Crippen molar-refractivity contribution in [2.75, 3.05) is 18.6 Å². The number of hydrogen-bond acceptors (Lipinski definition) is 6. The van der Waals surface area contributed by atoms with E-state index < -0.39 is 9.84 Å². The van der Waals surface area contributed by atoms with Gasteiger partial charge in [0, 0.05) is 12.7 Å². The lowest BCUT2D eigenvalue weighted by atomic mass is 10.2. The van der Waals surface area contributed by atoms with Crippen LogP contribution in [0.3, 0.4) is 0 Å². The van der Waals surface area contributed by atoms with E-state index >= 15 is 0 Å². The van der Waals surface area contributed by atoms with Crippen molar-refractivity contribution in [1.82, 2.24) is 15.5 Å². The normalized spacial score (nSPS) is 21.4. The van der Waals surface area contributed by atoms with E-state index in [0.29, 0.717) is 18.1 Å². The summed E-state index contributed by atoms with van der Waals surface area (Å²) >= 11 is 0.